The summed E-state index contributed by atoms with van der Waals surface area (Å²) >= 11 is 0. The number of aryl methyl sites for hydroxylation is 1. The Balaban J connectivity index is 2.94. The molecule has 5 nitrogen and oxygen atoms in total. The van der Waals surface area contributed by atoms with Crippen molar-refractivity contribution in [3.05, 3.63) is 23.8 Å². The number of urea groups is 1. The normalized spacial score (nSPS) is 11.0. The molecule has 0 aliphatic carbocycles. The molecule has 2 N–H and O–H groups in total. The number of hydrogen-bond donors (Lipinski definition) is 2. The highest BCUT2D eigenvalue weighted by atomic mass is 35.7. The Morgan fingerprint density at radius 2 is 2.06 bits per heavy atom. The third-order valence-corrected chi connectivity index (χ3v) is 3.51. The van der Waals surface area contributed by atoms with Crippen LogP contribution in [0.1, 0.15) is 12.5 Å². The van der Waals surface area contributed by atoms with Gasteiger partial charge in [0.2, 0.25) is 0 Å². The summed E-state index contributed by atoms with van der Waals surface area (Å²) in [4.78, 5) is 11.3. The molecule has 0 heterocycles. The summed E-state index contributed by atoms with van der Waals surface area (Å²) in [5, 5.41) is 5.14. The van der Waals surface area contributed by atoms with Gasteiger partial charge in [0, 0.05) is 22.9 Å². The second-order valence-corrected chi connectivity index (χ2v) is 5.94. The lowest BCUT2D eigenvalue weighted by atomic mass is 10.2. The quantitative estimate of drug-likeness (QED) is 0.830. The van der Waals surface area contributed by atoms with Crippen molar-refractivity contribution in [2.24, 2.45) is 0 Å². The third kappa shape index (κ3) is 3.90. The van der Waals surface area contributed by atoms with Crippen molar-refractivity contribution in [2.45, 2.75) is 18.7 Å². The molecule has 0 radical (unpaired) electrons. The largest absolute Gasteiger partial charge is 0.338 e. The van der Waals surface area contributed by atoms with Gasteiger partial charge in [-0.25, -0.2) is 13.2 Å². The van der Waals surface area contributed by atoms with Crippen molar-refractivity contribution in [1.82, 2.24) is 5.32 Å². The molecule has 0 aromatic heterocycles. The molecule has 0 atom stereocenters. The molecule has 94 valence electrons. The number of amides is 2. The van der Waals surface area contributed by atoms with E-state index in [0.29, 0.717) is 17.8 Å². The lowest BCUT2D eigenvalue weighted by Gasteiger charge is -2.08. The van der Waals surface area contributed by atoms with Gasteiger partial charge in [0.05, 0.1) is 4.90 Å². The Kier molecular flexibility index (Phi) is 4.36. The zero-order valence-corrected chi connectivity index (χ0v) is 11.0. The zero-order valence-electron chi connectivity index (χ0n) is 9.45. The Bertz CT molecular complexity index is 528. The number of nitrogens with one attached hydrogen (secondary N) is 2. The van der Waals surface area contributed by atoms with Crippen LogP contribution in [-0.4, -0.2) is 21.0 Å². The maximum absolute atomic E-state index is 11.2. The van der Waals surface area contributed by atoms with E-state index in [1.165, 1.54) is 12.1 Å². The molecule has 1 rings (SSSR count). The molecule has 2 amide bonds. The predicted molar refractivity (Wildman–Crippen MR) is 66.9 cm³/mol. The first-order valence-corrected chi connectivity index (χ1v) is 7.25. The Morgan fingerprint density at radius 3 is 2.53 bits per heavy atom. The molecule has 0 spiro atoms. The van der Waals surface area contributed by atoms with E-state index in [9.17, 15) is 13.2 Å². The van der Waals surface area contributed by atoms with Gasteiger partial charge < -0.3 is 10.6 Å². The van der Waals surface area contributed by atoms with Crippen LogP contribution in [0.4, 0.5) is 10.5 Å². The monoisotopic (exact) mass is 276 g/mol. The lowest BCUT2D eigenvalue weighted by molar-refractivity contribution is 0.252. The first kappa shape index (κ1) is 13.8. The predicted octanol–water partition coefficient (Wildman–Crippen LogP) is 2.06. The summed E-state index contributed by atoms with van der Waals surface area (Å²) in [6.45, 7) is 3.92. The molecular weight excluding hydrogens is 264 g/mol. The van der Waals surface area contributed by atoms with Crippen molar-refractivity contribution in [1.29, 1.82) is 0 Å². The van der Waals surface area contributed by atoms with E-state index in [4.69, 9.17) is 10.7 Å². The van der Waals surface area contributed by atoms with Gasteiger partial charge in [0.15, 0.2) is 0 Å². The minimum atomic E-state index is -3.75. The van der Waals surface area contributed by atoms with Gasteiger partial charge in [0.25, 0.3) is 9.05 Å². The Morgan fingerprint density at radius 1 is 1.41 bits per heavy atom. The van der Waals surface area contributed by atoms with Gasteiger partial charge in [0.1, 0.15) is 0 Å². The van der Waals surface area contributed by atoms with Crippen LogP contribution in [0.25, 0.3) is 0 Å². The maximum Gasteiger partial charge on any atom is 0.319 e. The van der Waals surface area contributed by atoms with Crippen molar-refractivity contribution >= 4 is 31.5 Å². The highest BCUT2D eigenvalue weighted by molar-refractivity contribution is 8.13. The average Bonchev–Trinajstić information content (AvgIpc) is 2.15. The van der Waals surface area contributed by atoms with Crippen molar-refractivity contribution < 1.29 is 13.2 Å². The number of benzene rings is 1. The molecule has 0 unspecified atom stereocenters. The van der Waals surface area contributed by atoms with Crippen LogP contribution >= 0.6 is 10.7 Å². The van der Waals surface area contributed by atoms with Crippen LogP contribution in [0.3, 0.4) is 0 Å². The number of hydrogen-bond acceptors (Lipinski definition) is 3. The maximum atomic E-state index is 11.2. The molecule has 0 fully saturated rings. The topological polar surface area (TPSA) is 75.3 Å². The fourth-order valence-corrected chi connectivity index (χ4v) is 2.53. The van der Waals surface area contributed by atoms with Crippen molar-refractivity contribution in [3.63, 3.8) is 0 Å². The van der Waals surface area contributed by atoms with Crippen molar-refractivity contribution in [2.75, 3.05) is 11.9 Å². The summed E-state index contributed by atoms with van der Waals surface area (Å²) in [6, 6.07) is 4.05. The molecule has 0 saturated heterocycles. The molecule has 0 aliphatic rings. The smallest absolute Gasteiger partial charge is 0.319 e. The first-order valence-electron chi connectivity index (χ1n) is 4.94. The summed E-state index contributed by atoms with van der Waals surface area (Å²) in [5.41, 5.74) is 0.992. The second kappa shape index (κ2) is 5.37. The minimum Gasteiger partial charge on any atom is -0.338 e. The summed E-state index contributed by atoms with van der Waals surface area (Å²) in [5.74, 6) is 0. The molecule has 0 bridgehead atoms. The van der Waals surface area contributed by atoms with E-state index in [1.54, 1.807) is 19.9 Å². The van der Waals surface area contributed by atoms with Crippen LogP contribution in [-0.2, 0) is 9.05 Å². The van der Waals surface area contributed by atoms with Crippen LogP contribution in [0.15, 0.2) is 23.1 Å². The highest BCUT2D eigenvalue weighted by Crippen LogP contribution is 2.22. The Labute approximate surface area is 105 Å². The minimum absolute atomic E-state index is 0.0422. The van der Waals surface area contributed by atoms with Gasteiger partial charge in [-0.1, -0.05) is 0 Å². The molecule has 17 heavy (non-hydrogen) atoms. The lowest BCUT2D eigenvalue weighted by Crippen LogP contribution is -2.28. The fourth-order valence-electron chi connectivity index (χ4n) is 1.34. The van der Waals surface area contributed by atoms with Gasteiger partial charge in [-0.15, -0.1) is 0 Å². The molecule has 0 aliphatic heterocycles. The van der Waals surface area contributed by atoms with Crippen molar-refractivity contribution in [3.8, 4) is 0 Å². The van der Waals surface area contributed by atoms with Gasteiger partial charge in [-0.05, 0) is 37.6 Å². The number of carbonyl (C=O) groups excluding carboxylic acids is 1. The summed E-state index contributed by atoms with van der Waals surface area (Å²) < 4.78 is 22.3. The molecule has 1 aromatic carbocycles. The molecule has 0 saturated carbocycles. The molecule has 7 heteroatoms. The number of rotatable bonds is 3. The molecule has 1 aromatic rings. The number of carbonyl (C=O) groups is 1. The second-order valence-electron chi connectivity index (χ2n) is 3.40. The number of anilines is 1. The van der Waals surface area contributed by atoms with E-state index >= 15 is 0 Å². The zero-order chi connectivity index (χ0) is 13.1. The van der Waals surface area contributed by atoms with Crippen LogP contribution in [0, 0.1) is 6.92 Å². The summed E-state index contributed by atoms with van der Waals surface area (Å²) in [6.07, 6.45) is 0. The number of halogens is 1. The standard InChI is InChI=1S/C10H13ClN2O3S/c1-3-12-10(14)13-8-4-5-9(7(2)6-8)17(11,15)16/h4-6H,3H2,1-2H3,(H2,12,13,14). The van der Waals surface area contributed by atoms with Gasteiger partial charge in [-0.3, -0.25) is 0 Å². The summed E-state index contributed by atoms with van der Waals surface area (Å²) in [7, 11) is 1.50. The van der Waals surface area contributed by atoms with E-state index in [-0.39, 0.29) is 10.9 Å². The van der Waals surface area contributed by atoms with E-state index in [2.05, 4.69) is 10.6 Å². The Hall–Kier alpha value is -1.27. The van der Waals surface area contributed by atoms with E-state index in [1.807, 2.05) is 0 Å². The van der Waals surface area contributed by atoms with Crippen LogP contribution < -0.4 is 10.6 Å². The van der Waals surface area contributed by atoms with Gasteiger partial charge >= 0.3 is 6.03 Å². The highest BCUT2D eigenvalue weighted by Gasteiger charge is 2.13. The average molecular weight is 277 g/mol. The van der Waals surface area contributed by atoms with Crippen LogP contribution in [0.5, 0.6) is 0 Å². The third-order valence-electron chi connectivity index (χ3n) is 2.03. The van der Waals surface area contributed by atoms with E-state index < -0.39 is 9.05 Å². The molecular formula is C10H13ClN2O3S. The van der Waals surface area contributed by atoms with E-state index in [0.717, 1.165) is 0 Å². The SMILES string of the molecule is CCNC(=O)Nc1ccc(S(=O)(=O)Cl)c(C)c1. The first-order chi connectivity index (χ1) is 7.84. The fraction of sp³-hybridized carbons (Fsp3) is 0.300. The van der Waals surface area contributed by atoms with Gasteiger partial charge in [-0.2, -0.15) is 0 Å². The van der Waals surface area contributed by atoms with Crippen LogP contribution in [0.2, 0.25) is 0 Å².